The topological polar surface area (TPSA) is 133 Å². The molecule has 1 aliphatic heterocycles. The number of benzene rings is 1. The number of anilines is 2. The molecular weight excluding hydrogens is 432 g/mol. The molecule has 2 N–H and O–H groups in total. The van der Waals surface area contributed by atoms with E-state index in [0.717, 1.165) is 10.7 Å². The Morgan fingerprint density at radius 3 is 2.69 bits per heavy atom. The Labute approximate surface area is 185 Å². The number of pyridine rings is 1. The molecule has 1 aliphatic rings. The molecule has 10 nitrogen and oxygen atoms in total. The molecule has 1 saturated heterocycles. The van der Waals surface area contributed by atoms with Crippen LogP contribution in [-0.4, -0.2) is 54.8 Å². The highest BCUT2D eigenvalue weighted by atomic mass is 32.2. The lowest BCUT2D eigenvalue weighted by Crippen LogP contribution is -2.42. The molecule has 0 radical (unpaired) electrons. The third-order valence-corrected chi connectivity index (χ3v) is 7.49. The number of fused-ring (bicyclic) bond motifs is 1. The van der Waals surface area contributed by atoms with Gasteiger partial charge in [-0.2, -0.15) is 10.4 Å². The molecule has 0 aliphatic carbocycles. The average molecular weight is 457 g/mol. The van der Waals surface area contributed by atoms with Crippen LogP contribution in [0.5, 0.6) is 0 Å². The summed E-state index contributed by atoms with van der Waals surface area (Å²) in [5, 5.41) is 17.6. The van der Waals surface area contributed by atoms with Gasteiger partial charge in [0, 0.05) is 32.6 Å². The highest BCUT2D eigenvalue weighted by Gasteiger charge is 2.38. The lowest BCUT2D eigenvalue weighted by atomic mass is 9.89. The van der Waals surface area contributed by atoms with E-state index in [4.69, 9.17) is 4.74 Å². The molecule has 0 spiro atoms. The van der Waals surface area contributed by atoms with E-state index in [2.05, 4.69) is 21.5 Å². The zero-order chi connectivity index (χ0) is 22.9. The van der Waals surface area contributed by atoms with E-state index in [9.17, 15) is 18.5 Å². The smallest absolute Gasteiger partial charge is 0.261 e. The second-order valence-electron chi connectivity index (χ2n) is 7.98. The van der Waals surface area contributed by atoms with Crippen molar-refractivity contribution >= 4 is 32.4 Å². The average Bonchev–Trinajstić information content (AvgIpc) is 3.15. The van der Waals surface area contributed by atoms with Gasteiger partial charge in [-0.15, -0.1) is 0 Å². The second kappa shape index (κ2) is 8.38. The van der Waals surface area contributed by atoms with Crippen LogP contribution in [0.2, 0.25) is 0 Å². The number of hydrogen-bond acceptors (Lipinski definition) is 7. The molecule has 11 heteroatoms. The first-order chi connectivity index (χ1) is 15.3. The van der Waals surface area contributed by atoms with Gasteiger partial charge in [-0.05, 0) is 43.2 Å². The Bertz CT molecular complexity index is 1330. The molecule has 1 atom stereocenters. The van der Waals surface area contributed by atoms with Crippen molar-refractivity contribution in [1.29, 1.82) is 5.26 Å². The van der Waals surface area contributed by atoms with Crippen molar-refractivity contribution in [2.45, 2.75) is 29.7 Å². The van der Waals surface area contributed by atoms with Crippen molar-refractivity contribution < 1.29 is 13.2 Å². The van der Waals surface area contributed by atoms with Gasteiger partial charge in [0.05, 0.1) is 35.0 Å². The number of nitrogens with zero attached hydrogens (tertiary/aromatic N) is 4. The predicted molar refractivity (Wildman–Crippen MR) is 119 cm³/mol. The maximum absolute atomic E-state index is 12.7. The summed E-state index contributed by atoms with van der Waals surface area (Å²) in [4.78, 5) is 15.5. The molecular formula is C21H24N6O4S. The largest absolute Gasteiger partial charge is 0.379 e. The number of nitriles is 1. The van der Waals surface area contributed by atoms with Crippen LogP contribution < -0.4 is 10.9 Å². The first-order valence-corrected chi connectivity index (χ1v) is 11.6. The fourth-order valence-electron chi connectivity index (χ4n) is 3.95. The van der Waals surface area contributed by atoms with Crippen molar-refractivity contribution in [2.75, 3.05) is 32.6 Å². The Morgan fingerprint density at radius 1 is 1.31 bits per heavy atom. The van der Waals surface area contributed by atoms with E-state index in [1.807, 2.05) is 0 Å². The molecule has 3 heterocycles. The van der Waals surface area contributed by atoms with Gasteiger partial charge in [-0.1, -0.05) is 0 Å². The lowest BCUT2D eigenvalue weighted by molar-refractivity contribution is -0.00174. The summed E-state index contributed by atoms with van der Waals surface area (Å²) < 4.78 is 33.2. The van der Waals surface area contributed by atoms with E-state index in [0.29, 0.717) is 42.0 Å². The SMILES string of the molecule is CN(C)S(=O)(=O)c1ccc(Nc2nn([C@]3(CC#N)CCCOC3)c3cc[nH]c(=O)c23)cc1. The molecule has 0 bridgehead atoms. The zero-order valence-electron chi connectivity index (χ0n) is 17.8. The Morgan fingerprint density at radius 2 is 2.06 bits per heavy atom. The van der Waals surface area contributed by atoms with Crippen LogP contribution in [0.1, 0.15) is 19.3 Å². The van der Waals surface area contributed by atoms with E-state index < -0.39 is 15.6 Å². The third kappa shape index (κ3) is 3.77. The van der Waals surface area contributed by atoms with Crippen LogP contribution in [0.3, 0.4) is 0 Å². The highest BCUT2D eigenvalue weighted by molar-refractivity contribution is 7.89. The van der Waals surface area contributed by atoms with E-state index >= 15 is 0 Å². The highest BCUT2D eigenvalue weighted by Crippen LogP contribution is 2.35. The summed E-state index contributed by atoms with van der Waals surface area (Å²) in [5.41, 5.74) is 0.199. The Hall–Kier alpha value is -3.20. The Kier molecular flexibility index (Phi) is 5.77. The molecule has 32 heavy (non-hydrogen) atoms. The molecule has 2 aromatic heterocycles. The maximum Gasteiger partial charge on any atom is 0.261 e. The van der Waals surface area contributed by atoms with Crippen molar-refractivity contribution in [3.8, 4) is 6.07 Å². The van der Waals surface area contributed by atoms with E-state index in [1.165, 1.54) is 26.2 Å². The number of rotatable bonds is 6. The maximum atomic E-state index is 12.7. The minimum absolute atomic E-state index is 0.161. The van der Waals surface area contributed by atoms with Gasteiger partial charge >= 0.3 is 0 Å². The fraction of sp³-hybridized carbons (Fsp3) is 0.381. The fourth-order valence-corrected chi connectivity index (χ4v) is 4.85. The van der Waals surface area contributed by atoms with Crippen LogP contribution in [0.25, 0.3) is 10.9 Å². The van der Waals surface area contributed by atoms with Crippen molar-refractivity contribution in [3.63, 3.8) is 0 Å². The van der Waals surface area contributed by atoms with Crippen LogP contribution in [-0.2, 0) is 20.3 Å². The number of sulfonamides is 1. The van der Waals surface area contributed by atoms with Gasteiger partial charge in [0.1, 0.15) is 5.39 Å². The van der Waals surface area contributed by atoms with Gasteiger partial charge in [0.2, 0.25) is 10.0 Å². The summed E-state index contributed by atoms with van der Waals surface area (Å²) in [6.45, 7) is 0.959. The molecule has 4 rings (SSSR count). The standard InChI is InChI=1S/C21H24N6O4S/c1-26(2)32(29,30)16-6-4-15(5-7-16)24-19-18-17(8-12-23-20(18)28)27(25-19)21(10-11-22)9-3-13-31-14-21/h4-8,12H,3,9-10,13-14H2,1-2H3,(H,23,28)(H,24,25)/t21-/m0/s1. The number of aromatic amines is 1. The molecule has 168 valence electrons. The number of H-pyrrole nitrogens is 1. The first-order valence-electron chi connectivity index (χ1n) is 10.1. The molecule has 1 fully saturated rings. The van der Waals surface area contributed by atoms with Crippen LogP contribution in [0.4, 0.5) is 11.5 Å². The minimum atomic E-state index is -3.55. The normalized spacial score (nSPS) is 19.2. The first kappa shape index (κ1) is 22.0. The minimum Gasteiger partial charge on any atom is -0.379 e. The monoisotopic (exact) mass is 456 g/mol. The zero-order valence-corrected chi connectivity index (χ0v) is 18.6. The van der Waals surface area contributed by atoms with Crippen molar-refractivity contribution in [3.05, 3.63) is 46.9 Å². The number of hydrogen-bond donors (Lipinski definition) is 2. The van der Waals surface area contributed by atoms with E-state index in [1.54, 1.807) is 29.1 Å². The second-order valence-corrected chi connectivity index (χ2v) is 10.1. The summed E-state index contributed by atoms with van der Waals surface area (Å²) in [5.74, 6) is 0.327. The van der Waals surface area contributed by atoms with Crippen molar-refractivity contribution in [2.24, 2.45) is 0 Å². The number of nitrogens with one attached hydrogen (secondary N) is 2. The summed E-state index contributed by atoms with van der Waals surface area (Å²) >= 11 is 0. The molecule has 0 unspecified atom stereocenters. The third-order valence-electron chi connectivity index (χ3n) is 5.66. The van der Waals surface area contributed by atoms with E-state index in [-0.39, 0.29) is 16.9 Å². The molecule has 0 amide bonds. The Balaban J connectivity index is 1.78. The molecule has 1 aromatic carbocycles. The van der Waals surface area contributed by atoms with Crippen molar-refractivity contribution in [1.82, 2.24) is 19.1 Å². The van der Waals surface area contributed by atoms with Gasteiger partial charge < -0.3 is 15.0 Å². The van der Waals surface area contributed by atoms with Crippen LogP contribution >= 0.6 is 0 Å². The van der Waals surface area contributed by atoms with Crippen LogP contribution in [0, 0.1) is 11.3 Å². The lowest BCUT2D eigenvalue weighted by Gasteiger charge is -2.35. The number of aromatic nitrogens is 3. The summed E-state index contributed by atoms with van der Waals surface area (Å²) in [7, 11) is -0.605. The van der Waals surface area contributed by atoms with Gasteiger partial charge in [0.25, 0.3) is 5.56 Å². The number of ether oxygens (including phenoxy) is 1. The van der Waals surface area contributed by atoms with Gasteiger partial charge in [0.15, 0.2) is 5.82 Å². The van der Waals surface area contributed by atoms with Gasteiger partial charge in [-0.3, -0.25) is 9.48 Å². The predicted octanol–water partition coefficient (Wildman–Crippen LogP) is 2.14. The van der Waals surface area contributed by atoms with Gasteiger partial charge in [-0.25, -0.2) is 12.7 Å². The summed E-state index contributed by atoms with van der Waals surface area (Å²) in [6.07, 6.45) is 3.25. The quantitative estimate of drug-likeness (QED) is 0.580. The van der Waals surface area contributed by atoms with Crippen LogP contribution in [0.15, 0.2) is 46.2 Å². The summed E-state index contributed by atoms with van der Waals surface area (Å²) in [6, 6.07) is 10.2. The molecule has 3 aromatic rings. The molecule has 0 saturated carbocycles.